The first kappa shape index (κ1) is 25.6. The molecule has 0 aromatic heterocycles. The van der Waals surface area contributed by atoms with Crippen molar-refractivity contribution in [3.05, 3.63) is 58.9 Å². The minimum atomic E-state index is -3.96. The number of nitrogen functional groups attached to an aromatic ring is 1. The lowest BCUT2D eigenvalue weighted by atomic mass is 10.1. The molecular formula is C24H28FN5O5S. The number of nitrogens with two attached hydrogens (primary N) is 1. The monoisotopic (exact) mass is 517 g/mol. The van der Waals surface area contributed by atoms with Crippen LogP contribution < -0.4 is 20.5 Å². The summed E-state index contributed by atoms with van der Waals surface area (Å²) in [6.07, 6.45) is 2.17. The third-order valence-corrected chi connectivity index (χ3v) is 7.69. The maximum Gasteiger partial charge on any atom is 0.241 e. The normalized spacial score (nSPS) is 17.8. The molecule has 10 nitrogen and oxygen atoms in total. The van der Waals surface area contributed by atoms with E-state index in [1.165, 1.54) is 23.1 Å². The van der Waals surface area contributed by atoms with Crippen molar-refractivity contribution in [1.82, 2.24) is 14.9 Å². The van der Waals surface area contributed by atoms with Gasteiger partial charge in [0.15, 0.2) is 0 Å². The summed E-state index contributed by atoms with van der Waals surface area (Å²) in [6.45, 7) is 0.423. The number of hydrogen-bond acceptors (Lipinski definition) is 6. The number of ether oxygens (including phenoxy) is 1. The quantitative estimate of drug-likeness (QED) is 0.303. The van der Waals surface area contributed by atoms with Gasteiger partial charge in [-0.3, -0.25) is 15.0 Å². The Labute approximate surface area is 208 Å². The third kappa shape index (κ3) is 5.82. The second-order valence-electron chi connectivity index (χ2n) is 8.79. The van der Waals surface area contributed by atoms with Gasteiger partial charge in [-0.05, 0) is 49.1 Å². The first-order valence-electron chi connectivity index (χ1n) is 11.6. The molecule has 36 heavy (non-hydrogen) atoms. The molecule has 0 radical (unpaired) electrons. The molecule has 1 fully saturated rings. The summed E-state index contributed by atoms with van der Waals surface area (Å²) < 4.78 is 48.1. The maximum absolute atomic E-state index is 14.2. The molecule has 1 saturated heterocycles. The number of rotatable bonds is 8. The number of sulfonamides is 1. The Morgan fingerprint density at radius 3 is 2.78 bits per heavy atom. The number of carbonyl (C=O) groups is 2. The van der Waals surface area contributed by atoms with Gasteiger partial charge in [-0.1, -0.05) is 12.1 Å². The highest BCUT2D eigenvalue weighted by atomic mass is 32.2. The molecule has 2 aliphatic heterocycles. The molecule has 0 bridgehead atoms. The van der Waals surface area contributed by atoms with Crippen LogP contribution in [-0.4, -0.2) is 56.7 Å². The summed E-state index contributed by atoms with van der Waals surface area (Å²) in [7, 11) is -3.96. The molecule has 2 amide bonds. The number of halogens is 1. The van der Waals surface area contributed by atoms with Crippen LogP contribution in [0, 0.1) is 11.2 Å². The first-order chi connectivity index (χ1) is 17.1. The molecule has 0 saturated carbocycles. The number of nitrogens with one attached hydrogen (secondary N) is 3. The Morgan fingerprint density at radius 2 is 2.03 bits per heavy atom. The molecule has 192 valence electrons. The number of nitrogens with zero attached hydrogens (tertiary/aromatic N) is 1. The van der Waals surface area contributed by atoms with E-state index in [0.717, 1.165) is 11.6 Å². The van der Waals surface area contributed by atoms with Crippen molar-refractivity contribution in [2.75, 3.05) is 19.7 Å². The van der Waals surface area contributed by atoms with E-state index in [-0.39, 0.29) is 34.9 Å². The van der Waals surface area contributed by atoms with Crippen molar-refractivity contribution in [2.24, 2.45) is 5.73 Å². The largest absolute Gasteiger partial charge is 0.493 e. The fourth-order valence-corrected chi connectivity index (χ4v) is 5.51. The average molecular weight is 518 g/mol. The number of amides is 2. The Bertz CT molecular complexity index is 1300. The van der Waals surface area contributed by atoms with Gasteiger partial charge in [0.2, 0.25) is 21.8 Å². The predicted octanol–water partition coefficient (Wildman–Crippen LogP) is 1.02. The molecule has 1 atom stereocenters. The second kappa shape index (κ2) is 10.6. The minimum absolute atomic E-state index is 0.0610. The Morgan fingerprint density at radius 1 is 1.22 bits per heavy atom. The fraction of sp³-hybridized carbons (Fsp3) is 0.375. The molecular weight excluding hydrogens is 489 g/mol. The third-order valence-electron chi connectivity index (χ3n) is 6.22. The Balaban J connectivity index is 1.38. The van der Waals surface area contributed by atoms with Gasteiger partial charge in [-0.25, -0.2) is 12.8 Å². The molecule has 2 heterocycles. The van der Waals surface area contributed by atoms with E-state index in [1.54, 1.807) is 12.1 Å². The van der Waals surface area contributed by atoms with Gasteiger partial charge in [0.05, 0.1) is 18.0 Å². The molecule has 0 unspecified atom stereocenters. The van der Waals surface area contributed by atoms with Gasteiger partial charge in [0, 0.05) is 30.6 Å². The lowest BCUT2D eigenvalue weighted by Crippen LogP contribution is -2.49. The van der Waals surface area contributed by atoms with Crippen molar-refractivity contribution in [1.29, 1.82) is 5.41 Å². The van der Waals surface area contributed by atoms with Crippen LogP contribution in [0.1, 0.15) is 36.0 Å². The SMILES string of the molecule is N=C(N)c1ccc(CNC(=O)CN2CCCC[C@H](NS(=O)(=O)c3ccc4c(c3)CCO4)C2=O)c(F)c1. The zero-order chi connectivity index (χ0) is 25.9. The molecule has 2 aromatic carbocycles. The van der Waals surface area contributed by atoms with Crippen LogP contribution in [0.2, 0.25) is 0 Å². The Hall–Kier alpha value is -3.51. The molecule has 5 N–H and O–H groups in total. The molecule has 2 aromatic rings. The van der Waals surface area contributed by atoms with E-state index in [9.17, 15) is 22.4 Å². The van der Waals surface area contributed by atoms with Crippen molar-refractivity contribution in [3.8, 4) is 5.75 Å². The van der Waals surface area contributed by atoms with Crippen molar-refractivity contribution >= 4 is 27.7 Å². The fourth-order valence-electron chi connectivity index (χ4n) is 4.24. The number of fused-ring (bicyclic) bond motifs is 1. The molecule has 4 rings (SSSR count). The van der Waals surface area contributed by atoms with Crippen LogP contribution in [0.4, 0.5) is 4.39 Å². The summed E-state index contributed by atoms with van der Waals surface area (Å²) in [5.41, 5.74) is 6.60. The average Bonchev–Trinajstić information content (AvgIpc) is 3.25. The highest BCUT2D eigenvalue weighted by molar-refractivity contribution is 7.89. The highest BCUT2D eigenvalue weighted by Crippen LogP contribution is 2.28. The topological polar surface area (TPSA) is 155 Å². The van der Waals surface area contributed by atoms with Gasteiger partial charge < -0.3 is 20.7 Å². The van der Waals surface area contributed by atoms with E-state index in [0.29, 0.717) is 44.6 Å². The maximum atomic E-state index is 14.2. The number of likely N-dealkylation sites (tertiary alicyclic amines) is 1. The summed E-state index contributed by atoms with van der Waals surface area (Å²) in [6, 6.07) is 7.65. The van der Waals surface area contributed by atoms with E-state index >= 15 is 0 Å². The lowest BCUT2D eigenvalue weighted by molar-refractivity contribution is -0.136. The minimum Gasteiger partial charge on any atom is -0.493 e. The standard InChI is InChI=1S/C24H28FN5O5S/c25-19-12-16(23(26)27)4-5-17(19)13-28-22(31)14-30-9-2-1-3-20(24(30)32)29-36(33,34)18-6-7-21-15(11-18)8-10-35-21/h4-7,11-12,20,29H,1-3,8-10,13-14H2,(H3,26,27)(H,28,31)/t20-/m0/s1. The van der Waals surface area contributed by atoms with Crippen molar-refractivity contribution in [2.45, 2.75) is 43.2 Å². The summed E-state index contributed by atoms with van der Waals surface area (Å²) >= 11 is 0. The van der Waals surface area contributed by atoms with E-state index in [4.69, 9.17) is 15.9 Å². The second-order valence-corrected chi connectivity index (χ2v) is 10.5. The summed E-state index contributed by atoms with van der Waals surface area (Å²) in [4.78, 5) is 27.0. The predicted molar refractivity (Wildman–Crippen MR) is 129 cm³/mol. The number of benzene rings is 2. The summed E-state index contributed by atoms with van der Waals surface area (Å²) in [5, 5.41) is 9.94. The Kier molecular flexibility index (Phi) is 7.55. The van der Waals surface area contributed by atoms with Gasteiger partial charge in [-0.2, -0.15) is 4.72 Å². The van der Waals surface area contributed by atoms with Crippen molar-refractivity contribution < 1.29 is 27.1 Å². The van der Waals surface area contributed by atoms with Crippen LogP contribution in [0.5, 0.6) is 5.75 Å². The van der Waals surface area contributed by atoms with Gasteiger partial charge >= 0.3 is 0 Å². The lowest BCUT2D eigenvalue weighted by Gasteiger charge is -2.24. The zero-order valence-electron chi connectivity index (χ0n) is 19.6. The molecule has 12 heteroatoms. The van der Waals surface area contributed by atoms with Crippen LogP contribution in [0.15, 0.2) is 41.3 Å². The van der Waals surface area contributed by atoms with Crippen molar-refractivity contribution in [3.63, 3.8) is 0 Å². The smallest absolute Gasteiger partial charge is 0.241 e. The van der Waals surface area contributed by atoms with Crippen LogP contribution in [-0.2, 0) is 32.6 Å². The first-order valence-corrected chi connectivity index (χ1v) is 13.1. The number of amidine groups is 1. The van der Waals surface area contributed by atoms with E-state index < -0.39 is 33.7 Å². The number of carbonyl (C=O) groups excluding carboxylic acids is 2. The van der Waals surface area contributed by atoms with Gasteiger partial charge in [-0.15, -0.1) is 0 Å². The van der Waals surface area contributed by atoms with E-state index in [1.807, 2.05) is 0 Å². The zero-order valence-corrected chi connectivity index (χ0v) is 20.4. The molecule has 2 aliphatic rings. The number of hydrogen-bond donors (Lipinski definition) is 4. The van der Waals surface area contributed by atoms with Gasteiger partial charge in [0.1, 0.15) is 23.4 Å². The summed E-state index contributed by atoms with van der Waals surface area (Å²) in [5.74, 6) is -1.19. The molecule has 0 aliphatic carbocycles. The molecule has 0 spiro atoms. The van der Waals surface area contributed by atoms with Crippen LogP contribution in [0.3, 0.4) is 0 Å². The van der Waals surface area contributed by atoms with Crippen LogP contribution >= 0.6 is 0 Å². The van der Waals surface area contributed by atoms with E-state index in [2.05, 4.69) is 10.0 Å². The van der Waals surface area contributed by atoms with Gasteiger partial charge in [0.25, 0.3) is 0 Å². The highest BCUT2D eigenvalue weighted by Gasteiger charge is 2.32. The van der Waals surface area contributed by atoms with Crippen LogP contribution in [0.25, 0.3) is 0 Å².